The fraction of sp³-hybridized carbons (Fsp3) is 0.167. The van der Waals surface area contributed by atoms with Gasteiger partial charge in [-0.1, -0.05) is 11.6 Å². The van der Waals surface area contributed by atoms with Crippen molar-refractivity contribution in [3.05, 3.63) is 40.1 Å². The molecule has 1 aromatic carbocycles. The Kier molecular flexibility index (Phi) is 3.72. The molecule has 0 aliphatic rings. The van der Waals surface area contributed by atoms with Gasteiger partial charge in [0.25, 0.3) is 0 Å². The van der Waals surface area contributed by atoms with Crippen LogP contribution in [0.5, 0.6) is 0 Å². The van der Waals surface area contributed by atoms with Gasteiger partial charge in [0.15, 0.2) is 0 Å². The average Bonchev–Trinajstić information content (AvgIpc) is 2.79. The van der Waals surface area contributed by atoms with E-state index in [0.717, 1.165) is 16.3 Å². The second kappa shape index (κ2) is 5.26. The van der Waals surface area contributed by atoms with Gasteiger partial charge in [-0.05, 0) is 18.2 Å². The minimum Gasteiger partial charge on any atom is -0.241 e. The second-order valence-corrected chi connectivity index (χ2v) is 4.70. The maximum Gasteiger partial charge on any atom is 0.141 e. The van der Waals surface area contributed by atoms with Gasteiger partial charge in [0, 0.05) is 23.8 Å². The van der Waals surface area contributed by atoms with Crippen LogP contribution < -0.4 is 0 Å². The first kappa shape index (κ1) is 12.0. The van der Waals surface area contributed by atoms with Crippen molar-refractivity contribution < 1.29 is 4.39 Å². The summed E-state index contributed by atoms with van der Waals surface area (Å²) < 4.78 is 13.0. The molecule has 0 spiro atoms. The molecule has 0 aliphatic carbocycles. The van der Waals surface area contributed by atoms with Crippen LogP contribution in [0.1, 0.15) is 12.1 Å². The highest BCUT2D eigenvalue weighted by Crippen LogP contribution is 2.27. The number of hydrogen-bond donors (Lipinski definition) is 0. The molecule has 2 rings (SSSR count). The maximum absolute atomic E-state index is 13.0. The summed E-state index contributed by atoms with van der Waals surface area (Å²) in [5, 5.41) is 11.3. The van der Waals surface area contributed by atoms with Crippen molar-refractivity contribution in [2.45, 2.75) is 12.8 Å². The summed E-state index contributed by atoms with van der Waals surface area (Å²) in [5.41, 5.74) is 1.68. The Labute approximate surface area is 107 Å². The van der Waals surface area contributed by atoms with E-state index in [1.165, 1.54) is 17.4 Å². The van der Waals surface area contributed by atoms with Gasteiger partial charge in [0.2, 0.25) is 0 Å². The molecule has 0 saturated carbocycles. The topological polar surface area (TPSA) is 36.7 Å². The maximum atomic E-state index is 13.0. The quantitative estimate of drug-likeness (QED) is 0.840. The van der Waals surface area contributed by atoms with Crippen LogP contribution >= 0.6 is 22.9 Å². The van der Waals surface area contributed by atoms with E-state index >= 15 is 0 Å². The monoisotopic (exact) mass is 266 g/mol. The van der Waals surface area contributed by atoms with Gasteiger partial charge < -0.3 is 0 Å². The van der Waals surface area contributed by atoms with E-state index in [0.29, 0.717) is 12.8 Å². The van der Waals surface area contributed by atoms with Gasteiger partial charge in [0.1, 0.15) is 10.8 Å². The second-order valence-electron chi connectivity index (χ2n) is 3.43. The molecule has 0 amide bonds. The van der Waals surface area contributed by atoms with E-state index in [1.807, 2.05) is 5.38 Å². The van der Waals surface area contributed by atoms with E-state index in [2.05, 4.69) is 11.1 Å². The lowest BCUT2D eigenvalue weighted by molar-refractivity contribution is 0.628. The molecule has 2 aromatic rings. The van der Waals surface area contributed by atoms with Crippen LogP contribution in [0.15, 0.2) is 23.6 Å². The number of nitriles is 1. The molecule has 0 saturated heterocycles. The molecular weight excluding hydrogens is 259 g/mol. The van der Waals surface area contributed by atoms with Gasteiger partial charge in [-0.25, -0.2) is 9.37 Å². The van der Waals surface area contributed by atoms with Crippen LogP contribution in [0.3, 0.4) is 0 Å². The number of hydrogen-bond acceptors (Lipinski definition) is 3. The van der Waals surface area contributed by atoms with Crippen LogP contribution in [0.2, 0.25) is 5.02 Å². The van der Waals surface area contributed by atoms with E-state index in [4.69, 9.17) is 16.9 Å². The molecule has 86 valence electrons. The summed E-state index contributed by atoms with van der Waals surface area (Å²) in [7, 11) is 0. The van der Waals surface area contributed by atoms with E-state index < -0.39 is 5.82 Å². The van der Waals surface area contributed by atoms with Crippen LogP contribution in [-0.4, -0.2) is 4.98 Å². The third kappa shape index (κ3) is 2.82. The Hall–Kier alpha value is -1.44. The minimum absolute atomic E-state index is 0.0938. The van der Waals surface area contributed by atoms with Crippen molar-refractivity contribution in [1.82, 2.24) is 4.98 Å². The van der Waals surface area contributed by atoms with Crippen LogP contribution in [0.25, 0.3) is 10.6 Å². The van der Waals surface area contributed by atoms with Gasteiger partial charge in [-0.3, -0.25) is 0 Å². The standard InChI is InChI=1S/C12H8ClFN2S/c13-10-6-8(3-4-11(10)14)12-16-9(7-17-12)2-1-5-15/h3-4,6-7H,1-2H2. The van der Waals surface area contributed by atoms with Crippen LogP contribution in [-0.2, 0) is 6.42 Å². The minimum atomic E-state index is -0.434. The Morgan fingerprint density at radius 2 is 2.29 bits per heavy atom. The van der Waals surface area contributed by atoms with Crippen molar-refractivity contribution in [2.75, 3.05) is 0 Å². The zero-order valence-corrected chi connectivity index (χ0v) is 10.4. The van der Waals surface area contributed by atoms with Gasteiger partial charge in [-0.15, -0.1) is 11.3 Å². The molecular formula is C12H8ClFN2S. The molecule has 1 heterocycles. The number of nitrogens with zero attached hydrogens (tertiary/aromatic N) is 2. The molecule has 0 fully saturated rings. The summed E-state index contributed by atoms with van der Waals surface area (Å²) in [5.74, 6) is -0.434. The van der Waals surface area contributed by atoms with Crippen molar-refractivity contribution in [2.24, 2.45) is 0 Å². The fourth-order valence-corrected chi connectivity index (χ4v) is 2.40. The number of benzene rings is 1. The normalized spacial score (nSPS) is 10.2. The van der Waals surface area contributed by atoms with Crippen molar-refractivity contribution >= 4 is 22.9 Å². The number of aromatic nitrogens is 1. The zero-order valence-electron chi connectivity index (χ0n) is 8.78. The van der Waals surface area contributed by atoms with Gasteiger partial charge >= 0.3 is 0 Å². The summed E-state index contributed by atoms with van der Waals surface area (Å²) in [6, 6.07) is 6.61. The van der Waals surface area contributed by atoms with Crippen LogP contribution in [0, 0.1) is 17.1 Å². The molecule has 0 aliphatic heterocycles. The molecule has 0 bridgehead atoms. The highest BCUT2D eigenvalue weighted by Gasteiger charge is 2.07. The summed E-state index contributed by atoms with van der Waals surface area (Å²) in [6.07, 6.45) is 1.09. The first-order valence-electron chi connectivity index (χ1n) is 4.97. The molecule has 17 heavy (non-hydrogen) atoms. The largest absolute Gasteiger partial charge is 0.241 e. The Morgan fingerprint density at radius 1 is 1.47 bits per heavy atom. The summed E-state index contributed by atoms with van der Waals surface area (Å²) in [4.78, 5) is 4.38. The molecule has 0 atom stereocenters. The lowest BCUT2D eigenvalue weighted by Crippen LogP contribution is -1.85. The molecule has 2 nitrogen and oxygen atoms in total. The van der Waals surface area contributed by atoms with E-state index in [-0.39, 0.29) is 5.02 Å². The number of aryl methyl sites for hydroxylation is 1. The third-order valence-electron chi connectivity index (χ3n) is 2.21. The first-order chi connectivity index (χ1) is 8.20. The third-order valence-corrected chi connectivity index (χ3v) is 3.44. The molecule has 1 aromatic heterocycles. The lowest BCUT2D eigenvalue weighted by Gasteiger charge is -1.98. The Balaban J connectivity index is 2.25. The van der Waals surface area contributed by atoms with Crippen molar-refractivity contribution in [1.29, 1.82) is 5.26 Å². The number of thiazole rings is 1. The first-order valence-corrected chi connectivity index (χ1v) is 6.23. The van der Waals surface area contributed by atoms with E-state index in [9.17, 15) is 4.39 Å². The molecule has 0 unspecified atom stereocenters. The Morgan fingerprint density at radius 3 is 3.00 bits per heavy atom. The number of halogens is 2. The molecule has 5 heteroatoms. The Bertz CT molecular complexity index is 574. The highest BCUT2D eigenvalue weighted by atomic mass is 35.5. The summed E-state index contributed by atoms with van der Waals surface area (Å²) >= 11 is 7.18. The average molecular weight is 267 g/mol. The molecule has 0 N–H and O–H groups in total. The highest BCUT2D eigenvalue weighted by molar-refractivity contribution is 7.13. The zero-order chi connectivity index (χ0) is 12.3. The van der Waals surface area contributed by atoms with Gasteiger partial charge in [0.05, 0.1) is 16.8 Å². The SMILES string of the molecule is N#CCCc1csc(-c2ccc(F)c(Cl)c2)n1. The predicted molar refractivity (Wildman–Crippen MR) is 66.5 cm³/mol. The van der Waals surface area contributed by atoms with E-state index in [1.54, 1.807) is 12.1 Å². The van der Waals surface area contributed by atoms with Crippen LogP contribution in [0.4, 0.5) is 4.39 Å². The molecule has 0 radical (unpaired) electrons. The van der Waals surface area contributed by atoms with Crippen molar-refractivity contribution in [3.63, 3.8) is 0 Å². The van der Waals surface area contributed by atoms with Gasteiger partial charge in [-0.2, -0.15) is 5.26 Å². The summed E-state index contributed by atoms with van der Waals surface area (Å²) in [6.45, 7) is 0. The lowest BCUT2D eigenvalue weighted by atomic mass is 10.2. The smallest absolute Gasteiger partial charge is 0.141 e. The number of rotatable bonds is 3. The van der Waals surface area contributed by atoms with Crippen molar-refractivity contribution in [3.8, 4) is 16.6 Å². The predicted octanol–water partition coefficient (Wildman–Crippen LogP) is 4.06. The fourth-order valence-electron chi connectivity index (χ4n) is 1.37.